The highest BCUT2D eigenvalue weighted by Gasteiger charge is 2.23. The molecule has 0 saturated carbocycles. The summed E-state index contributed by atoms with van der Waals surface area (Å²) in [5.74, 6) is 0. The first-order chi connectivity index (χ1) is 9.29. The number of hydrogen-bond donors (Lipinski definition) is 2. The van der Waals surface area contributed by atoms with E-state index in [-0.39, 0.29) is 0 Å². The molecule has 0 aliphatic carbocycles. The molecule has 0 spiro atoms. The van der Waals surface area contributed by atoms with Crippen molar-refractivity contribution in [3.05, 3.63) is 40.0 Å². The van der Waals surface area contributed by atoms with Gasteiger partial charge in [0.15, 0.2) is 0 Å². The van der Waals surface area contributed by atoms with Gasteiger partial charge in [0.25, 0.3) is 0 Å². The van der Waals surface area contributed by atoms with Crippen molar-refractivity contribution in [1.29, 1.82) is 0 Å². The number of aromatic amines is 1. The van der Waals surface area contributed by atoms with Crippen LogP contribution in [0.25, 0.3) is 11.3 Å². The summed E-state index contributed by atoms with van der Waals surface area (Å²) in [5, 5.41) is 11.2. The van der Waals surface area contributed by atoms with Gasteiger partial charge in [0.1, 0.15) is 5.69 Å². The summed E-state index contributed by atoms with van der Waals surface area (Å²) in [6.45, 7) is 3.26. The molecule has 0 amide bonds. The molecule has 1 unspecified atom stereocenters. The van der Waals surface area contributed by atoms with Gasteiger partial charge in [-0.2, -0.15) is 5.10 Å². The average Bonchev–Trinajstić information content (AvgIpc) is 3.08. The maximum absolute atomic E-state index is 4.47. The van der Waals surface area contributed by atoms with Crippen molar-refractivity contribution in [3.63, 3.8) is 0 Å². The third-order valence-corrected chi connectivity index (χ3v) is 4.58. The molecule has 1 aromatic carbocycles. The Labute approximate surface area is 121 Å². The molecule has 2 aromatic rings. The summed E-state index contributed by atoms with van der Waals surface area (Å²) in [6.07, 6.45) is 3.48. The van der Waals surface area contributed by atoms with Crippen molar-refractivity contribution in [2.45, 2.75) is 32.2 Å². The van der Waals surface area contributed by atoms with Crippen LogP contribution >= 0.6 is 15.9 Å². The minimum atomic E-state index is 0.408. The summed E-state index contributed by atoms with van der Waals surface area (Å²) < 4.78 is 1.09. The second-order valence-electron chi connectivity index (χ2n) is 5.00. The molecule has 4 heteroatoms. The highest BCUT2D eigenvalue weighted by Crippen LogP contribution is 2.34. The van der Waals surface area contributed by atoms with E-state index in [0.717, 1.165) is 28.7 Å². The lowest BCUT2D eigenvalue weighted by Crippen LogP contribution is -2.13. The molecular weight excluding hydrogens is 302 g/mol. The summed E-state index contributed by atoms with van der Waals surface area (Å²) >= 11 is 3.70. The SMILES string of the molecule is CCc1ccc(-c2n[nH]c(C3CCCN3)c2Br)cc1. The number of rotatable bonds is 3. The third-order valence-electron chi connectivity index (χ3n) is 3.78. The van der Waals surface area contributed by atoms with Gasteiger partial charge in [-0.1, -0.05) is 31.2 Å². The van der Waals surface area contributed by atoms with Gasteiger partial charge in [-0.15, -0.1) is 0 Å². The molecular formula is C15H18BrN3. The molecule has 0 radical (unpaired) electrons. The Kier molecular flexibility index (Phi) is 3.71. The molecule has 1 aromatic heterocycles. The van der Waals surface area contributed by atoms with E-state index in [4.69, 9.17) is 0 Å². The number of aryl methyl sites for hydroxylation is 1. The fraction of sp³-hybridized carbons (Fsp3) is 0.400. The summed E-state index contributed by atoms with van der Waals surface area (Å²) in [4.78, 5) is 0. The highest BCUT2D eigenvalue weighted by atomic mass is 79.9. The second-order valence-corrected chi connectivity index (χ2v) is 5.79. The minimum Gasteiger partial charge on any atom is -0.309 e. The first-order valence-corrected chi connectivity index (χ1v) is 7.65. The van der Waals surface area contributed by atoms with Gasteiger partial charge < -0.3 is 5.32 Å². The fourth-order valence-corrected chi connectivity index (χ4v) is 3.28. The molecule has 3 rings (SSSR count). The van der Waals surface area contributed by atoms with Crippen LogP contribution in [0.1, 0.15) is 37.1 Å². The third kappa shape index (κ3) is 2.47. The van der Waals surface area contributed by atoms with E-state index in [1.807, 2.05) is 0 Å². The predicted octanol–water partition coefficient (Wildman–Crippen LogP) is 3.83. The molecule has 1 aliphatic heterocycles. The Morgan fingerprint density at radius 3 is 2.74 bits per heavy atom. The monoisotopic (exact) mass is 319 g/mol. The lowest BCUT2D eigenvalue weighted by atomic mass is 10.1. The Balaban J connectivity index is 1.92. The Bertz CT molecular complexity index is 553. The number of H-pyrrole nitrogens is 1. The zero-order valence-electron chi connectivity index (χ0n) is 11.0. The van der Waals surface area contributed by atoms with E-state index in [9.17, 15) is 0 Å². The van der Waals surface area contributed by atoms with Crippen LogP contribution in [0.4, 0.5) is 0 Å². The van der Waals surface area contributed by atoms with E-state index >= 15 is 0 Å². The quantitative estimate of drug-likeness (QED) is 0.902. The van der Waals surface area contributed by atoms with Crippen LogP contribution in [0.5, 0.6) is 0 Å². The second kappa shape index (κ2) is 5.47. The van der Waals surface area contributed by atoms with Crippen LogP contribution in [0.2, 0.25) is 0 Å². The molecule has 1 atom stereocenters. The number of halogens is 1. The van der Waals surface area contributed by atoms with Gasteiger partial charge >= 0.3 is 0 Å². The van der Waals surface area contributed by atoms with Crippen molar-refractivity contribution >= 4 is 15.9 Å². The Hall–Kier alpha value is -1.13. The number of nitrogens with zero attached hydrogens (tertiary/aromatic N) is 1. The van der Waals surface area contributed by atoms with Crippen LogP contribution in [0.15, 0.2) is 28.7 Å². The van der Waals surface area contributed by atoms with E-state index < -0.39 is 0 Å². The van der Waals surface area contributed by atoms with Crippen molar-refractivity contribution in [1.82, 2.24) is 15.5 Å². The molecule has 19 heavy (non-hydrogen) atoms. The maximum Gasteiger partial charge on any atom is 0.107 e. The standard InChI is InChI=1S/C15H18BrN3/c1-2-10-5-7-11(8-6-10)14-13(16)15(19-18-14)12-4-3-9-17-12/h5-8,12,17H,2-4,9H2,1H3,(H,18,19). The van der Waals surface area contributed by atoms with E-state index in [2.05, 4.69) is 62.6 Å². The zero-order chi connectivity index (χ0) is 13.2. The number of benzene rings is 1. The molecule has 1 saturated heterocycles. The van der Waals surface area contributed by atoms with Crippen LogP contribution < -0.4 is 5.32 Å². The number of nitrogens with one attached hydrogen (secondary N) is 2. The van der Waals surface area contributed by atoms with E-state index in [0.29, 0.717) is 6.04 Å². The van der Waals surface area contributed by atoms with Crippen molar-refractivity contribution in [2.75, 3.05) is 6.54 Å². The van der Waals surface area contributed by atoms with E-state index in [1.165, 1.54) is 24.1 Å². The first kappa shape index (κ1) is 12.9. The predicted molar refractivity (Wildman–Crippen MR) is 81.1 cm³/mol. The molecule has 1 fully saturated rings. The molecule has 0 bridgehead atoms. The Morgan fingerprint density at radius 1 is 1.32 bits per heavy atom. The molecule has 3 nitrogen and oxygen atoms in total. The van der Waals surface area contributed by atoms with Gasteiger partial charge in [-0.3, -0.25) is 5.10 Å². The van der Waals surface area contributed by atoms with Crippen LogP contribution in [-0.4, -0.2) is 16.7 Å². The zero-order valence-corrected chi connectivity index (χ0v) is 12.6. The van der Waals surface area contributed by atoms with E-state index in [1.54, 1.807) is 0 Å². The average molecular weight is 320 g/mol. The van der Waals surface area contributed by atoms with Gasteiger partial charge in [0, 0.05) is 5.56 Å². The molecule has 100 valence electrons. The van der Waals surface area contributed by atoms with Gasteiger partial charge in [-0.25, -0.2) is 0 Å². The highest BCUT2D eigenvalue weighted by molar-refractivity contribution is 9.10. The smallest absolute Gasteiger partial charge is 0.107 e. The topological polar surface area (TPSA) is 40.7 Å². The summed E-state index contributed by atoms with van der Waals surface area (Å²) in [5.41, 5.74) is 4.69. The van der Waals surface area contributed by atoms with Gasteiger partial charge in [-0.05, 0) is 47.3 Å². The molecule has 2 N–H and O–H groups in total. The van der Waals surface area contributed by atoms with Crippen molar-refractivity contribution < 1.29 is 0 Å². The maximum atomic E-state index is 4.47. The lowest BCUT2D eigenvalue weighted by Gasteiger charge is -2.07. The van der Waals surface area contributed by atoms with Gasteiger partial charge in [0.05, 0.1) is 16.2 Å². The van der Waals surface area contributed by atoms with Crippen LogP contribution in [-0.2, 0) is 6.42 Å². The Morgan fingerprint density at radius 2 is 2.11 bits per heavy atom. The van der Waals surface area contributed by atoms with Crippen molar-refractivity contribution in [2.24, 2.45) is 0 Å². The largest absolute Gasteiger partial charge is 0.309 e. The minimum absolute atomic E-state index is 0.408. The van der Waals surface area contributed by atoms with Crippen molar-refractivity contribution in [3.8, 4) is 11.3 Å². The molecule has 2 heterocycles. The van der Waals surface area contributed by atoms with Crippen LogP contribution in [0, 0.1) is 0 Å². The fourth-order valence-electron chi connectivity index (χ4n) is 2.59. The summed E-state index contributed by atoms with van der Waals surface area (Å²) in [7, 11) is 0. The summed E-state index contributed by atoms with van der Waals surface area (Å²) in [6, 6.07) is 9.04. The van der Waals surface area contributed by atoms with Gasteiger partial charge in [0.2, 0.25) is 0 Å². The normalized spacial score (nSPS) is 18.9. The van der Waals surface area contributed by atoms with Crippen LogP contribution in [0.3, 0.4) is 0 Å². The molecule has 1 aliphatic rings. The lowest BCUT2D eigenvalue weighted by molar-refractivity contribution is 0.623. The first-order valence-electron chi connectivity index (χ1n) is 6.86. The number of aromatic nitrogens is 2. The number of hydrogen-bond acceptors (Lipinski definition) is 2.